The molecule has 19 heavy (non-hydrogen) atoms. The number of nitrogens with one attached hydrogen (secondary N) is 1. The molecule has 1 aromatic heterocycles. The van der Waals surface area contributed by atoms with Crippen molar-refractivity contribution in [1.82, 2.24) is 9.97 Å². The van der Waals surface area contributed by atoms with Crippen LogP contribution in [0.3, 0.4) is 0 Å². The van der Waals surface area contributed by atoms with Crippen LogP contribution in [0.5, 0.6) is 0 Å². The third-order valence-corrected chi connectivity index (χ3v) is 3.94. The van der Waals surface area contributed by atoms with Crippen molar-refractivity contribution in [2.75, 3.05) is 0 Å². The van der Waals surface area contributed by atoms with Gasteiger partial charge in [0.25, 0.3) is 0 Å². The fraction of sp³-hybridized carbons (Fsp3) is 0. The largest absolute Gasteiger partial charge is 0.338 e. The van der Waals surface area contributed by atoms with Crippen LogP contribution in [-0.2, 0) is 0 Å². The van der Waals surface area contributed by atoms with E-state index in [1.54, 1.807) is 24.3 Å². The van der Waals surface area contributed by atoms with Gasteiger partial charge in [-0.05, 0) is 30.3 Å². The number of nitrogens with zero attached hydrogens (tertiary/aromatic N) is 1. The van der Waals surface area contributed by atoms with E-state index in [0.717, 1.165) is 11.1 Å². The Labute approximate surface area is 129 Å². The van der Waals surface area contributed by atoms with E-state index in [0.29, 0.717) is 31.4 Å². The molecule has 0 aliphatic rings. The van der Waals surface area contributed by atoms with Gasteiger partial charge in [0.15, 0.2) is 0 Å². The molecule has 0 fully saturated rings. The summed E-state index contributed by atoms with van der Waals surface area (Å²) in [5.74, 6) is 0.665. The van der Waals surface area contributed by atoms with Crippen molar-refractivity contribution in [3.05, 3.63) is 50.4 Å². The van der Waals surface area contributed by atoms with Crippen molar-refractivity contribution in [1.29, 1.82) is 0 Å². The number of benzene rings is 2. The van der Waals surface area contributed by atoms with Gasteiger partial charge in [-0.25, -0.2) is 4.98 Å². The van der Waals surface area contributed by atoms with Crippen molar-refractivity contribution < 1.29 is 0 Å². The number of H-pyrrole nitrogens is 1. The number of halogens is 4. The summed E-state index contributed by atoms with van der Waals surface area (Å²) in [7, 11) is 0. The van der Waals surface area contributed by atoms with Crippen LogP contribution >= 0.6 is 46.4 Å². The predicted molar refractivity (Wildman–Crippen MR) is 81.6 cm³/mol. The Hall–Kier alpha value is -0.930. The first-order chi connectivity index (χ1) is 9.04. The standard InChI is InChI=1S/C13H6Cl4N2/c14-7-4-10(17)12-11(5-7)18-13(19-12)6-1-2-8(15)9(16)3-6/h1-5H,(H,18,19). The van der Waals surface area contributed by atoms with Crippen LogP contribution in [0.2, 0.25) is 20.1 Å². The molecule has 2 nitrogen and oxygen atoms in total. The minimum Gasteiger partial charge on any atom is -0.338 e. The molecule has 0 saturated heterocycles. The summed E-state index contributed by atoms with van der Waals surface area (Å²) in [6.07, 6.45) is 0. The van der Waals surface area contributed by atoms with Gasteiger partial charge in [0.1, 0.15) is 11.3 Å². The van der Waals surface area contributed by atoms with E-state index in [-0.39, 0.29) is 0 Å². The highest BCUT2D eigenvalue weighted by Gasteiger charge is 2.10. The highest BCUT2D eigenvalue weighted by molar-refractivity contribution is 6.42. The first kappa shape index (κ1) is 13.1. The molecule has 96 valence electrons. The lowest BCUT2D eigenvalue weighted by molar-refractivity contribution is 1.34. The maximum atomic E-state index is 6.11. The van der Waals surface area contributed by atoms with Gasteiger partial charge in [-0.15, -0.1) is 0 Å². The van der Waals surface area contributed by atoms with Crippen LogP contribution < -0.4 is 0 Å². The molecule has 0 aliphatic carbocycles. The molecule has 0 saturated carbocycles. The lowest BCUT2D eigenvalue weighted by atomic mass is 10.2. The zero-order valence-electron chi connectivity index (χ0n) is 9.35. The molecule has 0 spiro atoms. The fourth-order valence-corrected chi connectivity index (χ4v) is 2.66. The molecule has 6 heteroatoms. The van der Waals surface area contributed by atoms with Crippen LogP contribution in [0.1, 0.15) is 0 Å². The minimum absolute atomic E-state index is 0.476. The molecule has 2 aromatic carbocycles. The van der Waals surface area contributed by atoms with Crippen LogP contribution in [0.4, 0.5) is 0 Å². The lowest BCUT2D eigenvalue weighted by Gasteiger charge is -1.99. The van der Waals surface area contributed by atoms with E-state index in [1.807, 2.05) is 6.07 Å². The van der Waals surface area contributed by atoms with Gasteiger partial charge in [-0.2, -0.15) is 0 Å². The topological polar surface area (TPSA) is 28.7 Å². The van der Waals surface area contributed by atoms with Gasteiger partial charge in [0, 0.05) is 10.6 Å². The van der Waals surface area contributed by atoms with Gasteiger partial charge in [-0.1, -0.05) is 46.4 Å². The molecule has 0 atom stereocenters. The van der Waals surface area contributed by atoms with Crippen LogP contribution in [-0.4, -0.2) is 9.97 Å². The lowest BCUT2D eigenvalue weighted by Crippen LogP contribution is -1.80. The minimum atomic E-state index is 0.476. The third kappa shape index (κ3) is 2.41. The van der Waals surface area contributed by atoms with E-state index in [2.05, 4.69) is 9.97 Å². The highest BCUT2D eigenvalue weighted by atomic mass is 35.5. The van der Waals surface area contributed by atoms with Gasteiger partial charge in [-0.3, -0.25) is 0 Å². The van der Waals surface area contributed by atoms with E-state index >= 15 is 0 Å². The number of imidazole rings is 1. The van der Waals surface area contributed by atoms with Crippen molar-refractivity contribution in [3.8, 4) is 11.4 Å². The predicted octanol–water partition coefficient (Wildman–Crippen LogP) is 5.84. The molecule has 0 aliphatic heterocycles. The maximum Gasteiger partial charge on any atom is 0.138 e. The summed E-state index contributed by atoms with van der Waals surface area (Å²) >= 11 is 23.9. The number of rotatable bonds is 1. The van der Waals surface area contributed by atoms with Crippen molar-refractivity contribution in [2.24, 2.45) is 0 Å². The summed E-state index contributed by atoms with van der Waals surface area (Å²) < 4.78 is 0. The number of hydrogen-bond acceptors (Lipinski definition) is 1. The molecule has 0 radical (unpaired) electrons. The quantitative estimate of drug-likeness (QED) is 0.595. The summed E-state index contributed by atoms with van der Waals surface area (Å²) in [4.78, 5) is 7.60. The molecule has 0 unspecified atom stereocenters. The summed E-state index contributed by atoms with van der Waals surface area (Å²) in [6, 6.07) is 8.74. The third-order valence-electron chi connectivity index (χ3n) is 2.70. The Morgan fingerprint density at radius 2 is 1.63 bits per heavy atom. The highest BCUT2D eigenvalue weighted by Crippen LogP contribution is 2.31. The first-order valence-corrected chi connectivity index (χ1v) is 6.86. The average molecular weight is 332 g/mol. The van der Waals surface area contributed by atoms with Crippen molar-refractivity contribution >= 4 is 57.4 Å². The van der Waals surface area contributed by atoms with Gasteiger partial charge in [0.05, 0.1) is 20.6 Å². The molecular weight excluding hydrogens is 326 g/mol. The van der Waals surface area contributed by atoms with E-state index in [1.165, 1.54) is 0 Å². The number of aromatic amines is 1. The summed E-state index contributed by atoms with van der Waals surface area (Å²) in [6.45, 7) is 0. The molecule has 3 aromatic rings. The number of fused-ring (bicyclic) bond motifs is 1. The second-order valence-corrected chi connectivity index (χ2v) is 5.66. The molecule has 1 N–H and O–H groups in total. The van der Waals surface area contributed by atoms with Crippen molar-refractivity contribution in [2.45, 2.75) is 0 Å². The van der Waals surface area contributed by atoms with Gasteiger partial charge < -0.3 is 4.98 Å². The fourth-order valence-electron chi connectivity index (χ4n) is 1.82. The van der Waals surface area contributed by atoms with Crippen molar-refractivity contribution in [3.63, 3.8) is 0 Å². The normalized spacial score (nSPS) is 11.2. The molecule has 1 heterocycles. The Morgan fingerprint density at radius 1 is 0.842 bits per heavy atom. The Bertz CT molecular complexity index is 780. The zero-order valence-corrected chi connectivity index (χ0v) is 12.4. The maximum absolute atomic E-state index is 6.11. The smallest absolute Gasteiger partial charge is 0.138 e. The van der Waals surface area contributed by atoms with Gasteiger partial charge >= 0.3 is 0 Å². The molecular formula is C13H6Cl4N2. The van der Waals surface area contributed by atoms with E-state index in [9.17, 15) is 0 Å². The molecule has 0 bridgehead atoms. The Morgan fingerprint density at radius 3 is 2.37 bits per heavy atom. The van der Waals surface area contributed by atoms with Crippen LogP contribution in [0.25, 0.3) is 22.4 Å². The molecule has 0 amide bonds. The summed E-state index contributed by atoms with van der Waals surface area (Å²) in [5.41, 5.74) is 2.28. The Kier molecular flexibility index (Phi) is 3.35. The van der Waals surface area contributed by atoms with E-state index < -0.39 is 0 Å². The average Bonchev–Trinajstić information content (AvgIpc) is 2.76. The van der Waals surface area contributed by atoms with Crippen LogP contribution in [0.15, 0.2) is 30.3 Å². The molecule has 3 rings (SSSR count). The Balaban J connectivity index is 2.20. The van der Waals surface area contributed by atoms with E-state index in [4.69, 9.17) is 46.4 Å². The second-order valence-electron chi connectivity index (χ2n) is 4.00. The first-order valence-electron chi connectivity index (χ1n) is 5.35. The summed E-state index contributed by atoms with van der Waals surface area (Å²) in [5, 5.41) is 2.04. The zero-order chi connectivity index (χ0) is 13.6. The number of aromatic nitrogens is 2. The second kappa shape index (κ2) is 4.88. The monoisotopic (exact) mass is 330 g/mol. The van der Waals surface area contributed by atoms with Crippen LogP contribution in [0, 0.1) is 0 Å². The SMILES string of the molecule is Clc1cc(Cl)c2nc(-c3ccc(Cl)c(Cl)c3)[nH]c2c1. The van der Waals surface area contributed by atoms with Gasteiger partial charge in [0.2, 0.25) is 0 Å². The number of hydrogen-bond donors (Lipinski definition) is 1.